The van der Waals surface area contributed by atoms with Crippen molar-refractivity contribution in [3.63, 3.8) is 0 Å². The summed E-state index contributed by atoms with van der Waals surface area (Å²) in [6, 6.07) is 6.71. The lowest BCUT2D eigenvalue weighted by atomic mass is 10.1. The zero-order valence-electron chi connectivity index (χ0n) is 13.1. The molecule has 0 amide bonds. The zero-order chi connectivity index (χ0) is 15.0. The summed E-state index contributed by atoms with van der Waals surface area (Å²) >= 11 is 3.60. The fraction of sp³-hybridized carbons (Fsp3) is 0.625. The van der Waals surface area contributed by atoms with Crippen LogP contribution in [-0.4, -0.2) is 38.7 Å². The van der Waals surface area contributed by atoms with Crippen LogP contribution in [0.4, 0.5) is 0 Å². The van der Waals surface area contributed by atoms with E-state index in [4.69, 9.17) is 4.74 Å². The summed E-state index contributed by atoms with van der Waals surface area (Å²) in [5.74, 6) is 0.926. The van der Waals surface area contributed by atoms with E-state index in [0.29, 0.717) is 6.04 Å². The van der Waals surface area contributed by atoms with E-state index < -0.39 is 0 Å². The summed E-state index contributed by atoms with van der Waals surface area (Å²) in [5.41, 5.74) is 1.28. The summed E-state index contributed by atoms with van der Waals surface area (Å²) in [7, 11) is 4.16. The highest BCUT2D eigenvalue weighted by Gasteiger charge is 2.08. The highest BCUT2D eigenvalue weighted by molar-refractivity contribution is 9.10. The third kappa shape index (κ3) is 6.25. The molecule has 0 bridgehead atoms. The molecule has 0 aliphatic rings. The van der Waals surface area contributed by atoms with E-state index in [1.54, 1.807) is 0 Å². The molecule has 1 unspecified atom stereocenters. The molecule has 0 aliphatic carbocycles. The topological polar surface area (TPSA) is 24.5 Å². The first kappa shape index (κ1) is 17.5. The molecule has 0 spiro atoms. The minimum atomic E-state index is 0.369. The van der Waals surface area contributed by atoms with Gasteiger partial charge in [-0.2, -0.15) is 0 Å². The Bertz CT molecular complexity index is 396. The molecule has 0 heterocycles. The van der Waals surface area contributed by atoms with Crippen molar-refractivity contribution in [2.24, 2.45) is 0 Å². The molecule has 0 radical (unpaired) electrons. The Kier molecular flexibility index (Phi) is 8.19. The molecule has 3 nitrogen and oxygen atoms in total. The lowest BCUT2D eigenvalue weighted by Gasteiger charge is -2.16. The molecule has 0 saturated carbocycles. The van der Waals surface area contributed by atoms with Gasteiger partial charge in [-0.05, 0) is 74.0 Å². The average molecular weight is 343 g/mol. The molecule has 0 saturated heterocycles. The number of nitrogens with one attached hydrogen (secondary N) is 1. The minimum absolute atomic E-state index is 0.369. The largest absolute Gasteiger partial charge is 0.492 e. The Morgan fingerprint density at radius 3 is 2.70 bits per heavy atom. The summed E-state index contributed by atoms with van der Waals surface area (Å²) in [6.45, 7) is 7.21. The lowest BCUT2D eigenvalue weighted by Crippen LogP contribution is -2.19. The highest BCUT2D eigenvalue weighted by atomic mass is 79.9. The summed E-state index contributed by atoms with van der Waals surface area (Å²) in [5, 5.41) is 3.49. The van der Waals surface area contributed by atoms with Gasteiger partial charge in [0.25, 0.3) is 0 Å². The van der Waals surface area contributed by atoms with Gasteiger partial charge < -0.3 is 15.0 Å². The molecule has 1 aromatic rings. The molecular weight excluding hydrogens is 316 g/mol. The van der Waals surface area contributed by atoms with E-state index in [-0.39, 0.29) is 0 Å². The second-order valence-electron chi connectivity index (χ2n) is 5.37. The average Bonchev–Trinajstić information content (AvgIpc) is 2.42. The van der Waals surface area contributed by atoms with Crippen molar-refractivity contribution < 1.29 is 4.74 Å². The number of hydrogen-bond acceptors (Lipinski definition) is 3. The van der Waals surface area contributed by atoms with Crippen molar-refractivity contribution in [1.82, 2.24) is 10.2 Å². The molecule has 0 aliphatic heterocycles. The van der Waals surface area contributed by atoms with Crippen molar-refractivity contribution in [2.45, 2.75) is 32.7 Å². The van der Waals surface area contributed by atoms with Gasteiger partial charge in [-0.1, -0.05) is 13.0 Å². The van der Waals surface area contributed by atoms with Crippen LogP contribution in [0.1, 0.15) is 38.3 Å². The molecule has 1 rings (SSSR count). The molecule has 20 heavy (non-hydrogen) atoms. The predicted octanol–water partition coefficient (Wildman–Crippen LogP) is 3.84. The van der Waals surface area contributed by atoms with Gasteiger partial charge in [0.15, 0.2) is 0 Å². The van der Waals surface area contributed by atoms with Gasteiger partial charge in [0, 0.05) is 12.6 Å². The van der Waals surface area contributed by atoms with Crippen molar-refractivity contribution in [1.29, 1.82) is 0 Å². The van der Waals surface area contributed by atoms with E-state index in [2.05, 4.69) is 72.3 Å². The van der Waals surface area contributed by atoms with Gasteiger partial charge in [0.1, 0.15) is 5.75 Å². The Hall–Kier alpha value is -0.580. The molecule has 4 heteroatoms. The molecule has 0 aromatic heterocycles. The Labute approximate surface area is 131 Å². The van der Waals surface area contributed by atoms with E-state index in [1.807, 2.05) is 0 Å². The predicted molar refractivity (Wildman–Crippen MR) is 89.5 cm³/mol. The Morgan fingerprint density at radius 1 is 1.35 bits per heavy atom. The second-order valence-corrected chi connectivity index (χ2v) is 6.23. The Balaban J connectivity index is 2.50. The maximum atomic E-state index is 5.81. The van der Waals surface area contributed by atoms with Gasteiger partial charge in [0.2, 0.25) is 0 Å². The maximum Gasteiger partial charge on any atom is 0.133 e. The molecule has 1 aromatic carbocycles. The summed E-state index contributed by atoms with van der Waals surface area (Å²) in [6.07, 6.45) is 2.19. The number of rotatable bonds is 9. The number of ether oxygens (including phenoxy) is 1. The molecular formula is C16H27BrN2O. The number of hydrogen-bond donors (Lipinski definition) is 1. The number of halogens is 1. The third-order valence-corrected chi connectivity index (χ3v) is 3.78. The summed E-state index contributed by atoms with van der Waals surface area (Å²) in [4.78, 5) is 2.17. The van der Waals surface area contributed by atoms with Crippen LogP contribution in [0.3, 0.4) is 0 Å². The quantitative estimate of drug-likeness (QED) is 0.690. The zero-order valence-corrected chi connectivity index (χ0v) is 14.7. The van der Waals surface area contributed by atoms with E-state index in [0.717, 1.165) is 42.8 Å². The first-order valence-electron chi connectivity index (χ1n) is 7.35. The number of benzene rings is 1. The fourth-order valence-electron chi connectivity index (χ4n) is 1.95. The lowest BCUT2D eigenvalue weighted by molar-refractivity contribution is 0.280. The van der Waals surface area contributed by atoms with Gasteiger partial charge in [-0.15, -0.1) is 0 Å². The smallest absolute Gasteiger partial charge is 0.133 e. The molecule has 1 atom stereocenters. The van der Waals surface area contributed by atoms with Crippen LogP contribution in [0.25, 0.3) is 0 Å². The summed E-state index contributed by atoms with van der Waals surface area (Å²) < 4.78 is 6.84. The normalized spacial score (nSPS) is 12.7. The second kappa shape index (κ2) is 9.37. The highest BCUT2D eigenvalue weighted by Crippen LogP contribution is 2.28. The van der Waals surface area contributed by atoms with Gasteiger partial charge in [0.05, 0.1) is 11.1 Å². The number of nitrogens with zero attached hydrogens (tertiary/aromatic N) is 1. The van der Waals surface area contributed by atoms with E-state index in [9.17, 15) is 0 Å². The Morgan fingerprint density at radius 2 is 2.10 bits per heavy atom. The standard InChI is InChI=1S/C16H27BrN2O/c1-5-9-18-13(2)14-7-8-16(15(17)12-14)20-11-6-10-19(3)4/h7-8,12-13,18H,5-6,9-11H2,1-4H3. The SMILES string of the molecule is CCCNC(C)c1ccc(OCCCN(C)C)c(Br)c1. The first-order chi connectivity index (χ1) is 9.54. The van der Waals surface area contributed by atoms with Gasteiger partial charge in [-0.25, -0.2) is 0 Å². The van der Waals surface area contributed by atoms with Crippen molar-refractivity contribution in [3.05, 3.63) is 28.2 Å². The maximum absolute atomic E-state index is 5.81. The van der Waals surface area contributed by atoms with Crippen molar-refractivity contribution in [2.75, 3.05) is 33.8 Å². The first-order valence-corrected chi connectivity index (χ1v) is 8.14. The molecule has 0 fully saturated rings. The van der Waals surface area contributed by atoms with Crippen LogP contribution in [0.5, 0.6) is 5.75 Å². The van der Waals surface area contributed by atoms with Gasteiger partial charge in [-0.3, -0.25) is 0 Å². The van der Waals surface area contributed by atoms with E-state index >= 15 is 0 Å². The van der Waals surface area contributed by atoms with Crippen LogP contribution in [0.2, 0.25) is 0 Å². The van der Waals surface area contributed by atoms with Crippen molar-refractivity contribution in [3.8, 4) is 5.75 Å². The van der Waals surface area contributed by atoms with Crippen LogP contribution in [-0.2, 0) is 0 Å². The van der Waals surface area contributed by atoms with Crippen molar-refractivity contribution >= 4 is 15.9 Å². The molecule has 1 N–H and O–H groups in total. The van der Waals surface area contributed by atoms with Gasteiger partial charge >= 0.3 is 0 Å². The fourth-order valence-corrected chi connectivity index (χ4v) is 2.46. The monoisotopic (exact) mass is 342 g/mol. The van der Waals surface area contributed by atoms with Crippen LogP contribution in [0, 0.1) is 0 Å². The molecule has 114 valence electrons. The van der Waals surface area contributed by atoms with E-state index in [1.165, 1.54) is 5.56 Å². The van der Waals surface area contributed by atoms with Crippen LogP contribution in [0.15, 0.2) is 22.7 Å². The minimum Gasteiger partial charge on any atom is -0.492 e. The van der Waals surface area contributed by atoms with Crippen LogP contribution >= 0.6 is 15.9 Å². The third-order valence-electron chi connectivity index (χ3n) is 3.16. The van der Waals surface area contributed by atoms with Crippen LogP contribution < -0.4 is 10.1 Å².